The number of carbonyl (C=O) groups excluding carboxylic acids is 1. The van der Waals surface area contributed by atoms with Crippen LogP contribution in [0.4, 0.5) is 16.2 Å². The molecular weight excluding hydrogens is 479 g/mol. The second-order valence-corrected chi connectivity index (χ2v) is 5.85. The van der Waals surface area contributed by atoms with Gasteiger partial charge in [0.2, 0.25) is 0 Å². The fraction of sp³-hybridized carbons (Fsp3) is 0.529. The van der Waals surface area contributed by atoms with Gasteiger partial charge in [0.25, 0.3) is 5.69 Å². The number of rotatable bonds is 6. The lowest BCUT2D eigenvalue weighted by Gasteiger charge is -2.35. The fourth-order valence-electron chi connectivity index (χ4n) is 2.80. The number of hydrogen-bond donors (Lipinski definition) is 2. The molecule has 28 heavy (non-hydrogen) atoms. The van der Waals surface area contributed by atoms with Gasteiger partial charge < -0.3 is 25.2 Å². The van der Waals surface area contributed by atoms with E-state index < -0.39 is 4.92 Å². The maximum absolute atomic E-state index is 11.7. The minimum absolute atomic E-state index is 0. The number of nitro benzene ring substituents is 1. The highest BCUT2D eigenvalue weighted by Gasteiger charge is 2.23. The SMILES string of the molecule is CCOC(=O)N1CCN(C(=NC)NCCNc2ccccc2[N+](=O)[O-])CC1.I. The average Bonchev–Trinajstić information content (AvgIpc) is 2.68. The van der Waals surface area contributed by atoms with Crippen molar-refractivity contribution in [1.29, 1.82) is 0 Å². The molecule has 1 aliphatic heterocycles. The Morgan fingerprint density at radius 2 is 1.86 bits per heavy atom. The lowest BCUT2D eigenvalue weighted by atomic mass is 10.2. The van der Waals surface area contributed by atoms with Crippen molar-refractivity contribution in [3.8, 4) is 0 Å². The van der Waals surface area contributed by atoms with Gasteiger partial charge in [0.05, 0.1) is 11.5 Å². The van der Waals surface area contributed by atoms with E-state index in [4.69, 9.17) is 4.74 Å². The zero-order valence-electron chi connectivity index (χ0n) is 16.1. The number of amides is 1. The molecule has 1 aromatic carbocycles. The van der Waals surface area contributed by atoms with Crippen LogP contribution in [0.3, 0.4) is 0 Å². The van der Waals surface area contributed by atoms with Gasteiger partial charge in [-0.3, -0.25) is 15.1 Å². The minimum atomic E-state index is -0.405. The normalized spacial score (nSPS) is 14.1. The first kappa shape index (κ1) is 23.7. The molecule has 0 unspecified atom stereocenters. The van der Waals surface area contributed by atoms with Crippen LogP contribution in [-0.2, 0) is 4.74 Å². The van der Waals surface area contributed by atoms with E-state index in [0.29, 0.717) is 51.6 Å². The fourth-order valence-corrected chi connectivity index (χ4v) is 2.80. The molecule has 0 saturated carbocycles. The molecule has 1 heterocycles. The largest absolute Gasteiger partial charge is 0.450 e. The molecule has 2 rings (SSSR count). The topological polar surface area (TPSA) is 112 Å². The van der Waals surface area contributed by atoms with Gasteiger partial charge >= 0.3 is 6.09 Å². The van der Waals surface area contributed by atoms with Crippen molar-refractivity contribution in [2.45, 2.75) is 6.92 Å². The third kappa shape index (κ3) is 6.69. The smallest absolute Gasteiger partial charge is 0.409 e. The van der Waals surface area contributed by atoms with E-state index >= 15 is 0 Å². The van der Waals surface area contributed by atoms with Crippen LogP contribution < -0.4 is 10.6 Å². The molecule has 1 fully saturated rings. The van der Waals surface area contributed by atoms with Crippen molar-refractivity contribution in [1.82, 2.24) is 15.1 Å². The molecular formula is C17H27IN6O4. The Balaban J connectivity index is 0.00000392. The number of carbonyl (C=O) groups is 1. The van der Waals surface area contributed by atoms with E-state index in [-0.39, 0.29) is 35.8 Å². The third-order valence-corrected chi connectivity index (χ3v) is 4.14. The Hall–Kier alpha value is -2.31. The summed E-state index contributed by atoms with van der Waals surface area (Å²) >= 11 is 0. The number of ether oxygens (including phenoxy) is 1. The summed E-state index contributed by atoms with van der Waals surface area (Å²) in [4.78, 5) is 30.4. The molecule has 10 nitrogen and oxygen atoms in total. The zero-order valence-corrected chi connectivity index (χ0v) is 18.4. The van der Waals surface area contributed by atoms with Crippen molar-refractivity contribution in [2.24, 2.45) is 4.99 Å². The number of aliphatic imine (C=N–C) groups is 1. The van der Waals surface area contributed by atoms with Crippen molar-refractivity contribution < 1.29 is 14.5 Å². The molecule has 156 valence electrons. The first-order valence-corrected chi connectivity index (χ1v) is 8.91. The summed E-state index contributed by atoms with van der Waals surface area (Å²) in [6.07, 6.45) is -0.284. The minimum Gasteiger partial charge on any atom is -0.450 e. The average molecular weight is 506 g/mol. The van der Waals surface area contributed by atoms with Gasteiger partial charge in [0.15, 0.2) is 5.96 Å². The number of anilines is 1. The van der Waals surface area contributed by atoms with E-state index in [2.05, 4.69) is 20.5 Å². The maximum atomic E-state index is 11.7. The van der Waals surface area contributed by atoms with Crippen LogP contribution in [0.5, 0.6) is 0 Å². The van der Waals surface area contributed by atoms with Crippen LogP contribution >= 0.6 is 24.0 Å². The van der Waals surface area contributed by atoms with Crippen LogP contribution in [0.15, 0.2) is 29.3 Å². The first-order chi connectivity index (χ1) is 13.1. The van der Waals surface area contributed by atoms with Crippen molar-refractivity contribution >= 4 is 47.4 Å². The molecule has 2 N–H and O–H groups in total. The van der Waals surface area contributed by atoms with E-state index in [1.807, 2.05) is 0 Å². The summed E-state index contributed by atoms with van der Waals surface area (Å²) in [5, 5.41) is 17.3. The summed E-state index contributed by atoms with van der Waals surface area (Å²) in [5.41, 5.74) is 0.541. The van der Waals surface area contributed by atoms with E-state index in [0.717, 1.165) is 5.96 Å². The van der Waals surface area contributed by atoms with Gasteiger partial charge in [-0.2, -0.15) is 0 Å². The van der Waals surface area contributed by atoms with Gasteiger partial charge in [-0.15, -0.1) is 24.0 Å². The van der Waals surface area contributed by atoms with Gasteiger partial charge in [-0.25, -0.2) is 4.79 Å². The Kier molecular flexibility index (Phi) is 10.3. The van der Waals surface area contributed by atoms with E-state index in [1.165, 1.54) is 6.07 Å². The summed E-state index contributed by atoms with van der Waals surface area (Å²) in [5.74, 6) is 0.739. The number of guanidine groups is 1. The second kappa shape index (κ2) is 12.2. The summed E-state index contributed by atoms with van der Waals surface area (Å²) in [6, 6.07) is 6.54. The van der Waals surface area contributed by atoms with Crippen molar-refractivity contribution in [3.63, 3.8) is 0 Å². The standard InChI is InChI=1S/C17H26N6O4.HI/c1-3-27-17(24)22-12-10-21(11-13-22)16(18-2)20-9-8-19-14-6-4-5-7-15(14)23(25)26;/h4-7,19H,3,8-13H2,1-2H3,(H,18,20);1H. The zero-order chi connectivity index (χ0) is 19.6. The van der Waals surface area contributed by atoms with Crippen LogP contribution in [-0.4, -0.2) is 79.7 Å². The molecule has 0 radical (unpaired) electrons. The third-order valence-electron chi connectivity index (χ3n) is 4.14. The lowest BCUT2D eigenvalue weighted by molar-refractivity contribution is -0.384. The quantitative estimate of drug-likeness (QED) is 0.152. The summed E-state index contributed by atoms with van der Waals surface area (Å²) in [7, 11) is 1.70. The van der Waals surface area contributed by atoms with Crippen LogP contribution in [0.2, 0.25) is 0 Å². The van der Waals surface area contributed by atoms with Crippen molar-refractivity contribution in [2.75, 3.05) is 58.2 Å². The number of nitrogens with zero attached hydrogens (tertiary/aromatic N) is 4. The number of benzene rings is 1. The number of nitro groups is 1. The van der Waals surface area contributed by atoms with Crippen LogP contribution in [0.25, 0.3) is 0 Å². The van der Waals surface area contributed by atoms with Gasteiger partial charge in [-0.05, 0) is 13.0 Å². The van der Waals surface area contributed by atoms with Gasteiger partial charge in [0.1, 0.15) is 5.69 Å². The molecule has 11 heteroatoms. The van der Waals surface area contributed by atoms with Gasteiger partial charge in [0, 0.05) is 52.4 Å². The highest BCUT2D eigenvalue weighted by molar-refractivity contribution is 14.0. The summed E-state index contributed by atoms with van der Waals surface area (Å²) < 4.78 is 5.02. The monoisotopic (exact) mass is 506 g/mol. The predicted octanol–water partition coefficient (Wildman–Crippen LogP) is 1.97. The van der Waals surface area contributed by atoms with Crippen LogP contribution in [0, 0.1) is 10.1 Å². The predicted molar refractivity (Wildman–Crippen MR) is 119 cm³/mol. The number of hydrogen-bond acceptors (Lipinski definition) is 6. The molecule has 0 aromatic heterocycles. The van der Waals surface area contributed by atoms with Gasteiger partial charge in [-0.1, -0.05) is 12.1 Å². The summed E-state index contributed by atoms with van der Waals surface area (Å²) in [6.45, 7) is 5.70. The highest BCUT2D eigenvalue weighted by atomic mass is 127. The molecule has 1 aliphatic rings. The Morgan fingerprint density at radius 3 is 2.46 bits per heavy atom. The Labute approximate surface area is 181 Å². The maximum Gasteiger partial charge on any atom is 0.409 e. The first-order valence-electron chi connectivity index (χ1n) is 8.91. The molecule has 1 amide bonds. The molecule has 1 saturated heterocycles. The lowest BCUT2D eigenvalue weighted by Crippen LogP contribution is -2.54. The molecule has 1 aromatic rings. The molecule has 0 atom stereocenters. The molecule has 0 spiro atoms. The number of para-hydroxylation sites is 2. The van der Waals surface area contributed by atoms with E-state index in [1.54, 1.807) is 37.1 Å². The highest BCUT2D eigenvalue weighted by Crippen LogP contribution is 2.22. The number of piperazine rings is 1. The Bertz CT molecular complexity index is 679. The van der Waals surface area contributed by atoms with Crippen molar-refractivity contribution in [3.05, 3.63) is 34.4 Å². The number of nitrogens with one attached hydrogen (secondary N) is 2. The van der Waals surface area contributed by atoms with E-state index in [9.17, 15) is 14.9 Å². The Morgan fingerprint density at radius 1 is 1.21 bits per heavy atom. The molecule has 0 bridgehead atoms. The van der Waals surface area contributed by atoms with Crippen LogP contribution in [0.1, 0.15) is 6.92 Å². The second-order valence-electron chi connectivity index (χ2n) is 5.85. The molecule has 0 aliphatic carbocycles. The number of halogens is 1.